The first kappa shape index (κ1) is 102. The first-order valence-electron chi connectivity index (χ1n) is 34.7. The predicted octanol–water partition coefficient (Wildman–Crippen LogP) is 12.0. The Morgan fingerprint density at radius 1 is 0.396 bits per heavy atom. The number of carbonyl (C=O) groups is 6. The summed E-state index contributed by atoms with van der Waals surface area (Å²) in [5, 5.41) is 2.49. The molecule has 27 nitrogen and oxygen atoms in total. The fourth-order valence-electron chi connectivity index (χ4n) is 11.2. The van der Waals surface area contributed by atoms with Crippen molar-refractivity contribution in [2.45, 2.75) is 205 Å². The molecule has 32 heteroatoms. The normalized spacial score (nSPS) is 21.8. The van der Waals surface area contributed by atoms with Crippen LogP contribution in [0.3, 0.4) is 0 Å². The average Bonchev–Trinajstić information content (AvgIpc) is 1.59. The van der Waals surface area contributed by atoms with Crippen molar-refractivity contribution in [2.75, 3.05) is 56.0 Å². The number of fused-ring (bicyclic) bond motifs is 5. The van der Waals surface area contributed by atoms with Crippen molar-refractivity contribution in [2.24, 2.45) is 41.4 Å². The zero-order valence-corrected chi connectivity index (χ0v) is 66.0. The molecule has 2 aliphatic heterocycles. The summed E-state index contributed by atoms with van der Waals surface area (Å²) >= 11 is 0. The first-order chi connectivity index (χ1) is 47.6. The maximum Gasteiger partial charge on any atom is 0.323 e. The van der Waals surface area contributed by atoms with Gasteiger partial charge in [-0.2, -0.15) is 42.1 Å². The number of hydrogen-bond acceptors (Lipinski definition) is 23. The second-order valence-electron chi connectivity index (χ2n) is 21.6. The van der Waals surface area contributed by atoms with E-state index in [0.717, 1.165) is 38.0 Å². The van der Waals surface area contributed by atoms with Gasteiger partial charge in [0.05, 0.1) is 50.3 Å². The van der Waals surface area contributed by atoms with Crippen molar-refractivity contribution in [3.05, 3.63) is 84.9 Å². The van der Waals surface area contributed by atoms with Crippen LogP contribution in [0.25, 0.3) is 10.8 Å². The molecule has 6 aliphatic carbocycles. The molecule has 101 heavy (non-hydrogen) atoms. The van der Waals surface area contributed by atoms with Gasteiger partial charge < -0.3 is 28.4 Å². The van der Waals surface area contributed by atoms with E-state index in [0.29, 0.717) is 42.8 Å². The van der Waals surface area contributed by atoms with Crippen LogP contribution in [0.5, 0.6) is 0 Å². The maximum absolute atomic E-state index is 11.3. The van der Waals surface area contributed by atoms with Gasteiger partial charge >= 0.3 is 35.8 Å². The van der Waals surface area contributed by atoms with Crippen LogP contribution in [-0.4, -0.2) is 170 Å². The topological polar surface area (TPSA) is 419 Å². The molecule has 6 saturated carbocycles. The van der Waals surface area contributed by atoms with E-state index in [1.54, 1.807) is 73.6 Å². The second kappa shape index (κ2) is 56.7. The summed E-state index contributed by atoms with van der Waals surface area (Å²) in [5.74, 6) is -2.58. The van der Waals surface area contributed by atoms with E-state index in [1.165, 1.54) is 29.0 Å². The van der Waals surface area contributed by atoms with Gasteiger partial charge in [-0.3, -0.25) is 51.2 Å². The molecular weight excluding hydrogens is 1420 g/mol. The monoisotopic (exact) mass is 1540 g/mol. The summed E-state index contributed by atoms with van der Waals surface area (Å²) in [7, 11) is -20.0. The van der Waals surface area contributed by atoms with E-state index >= 15 is 0 Å². The molecule has 8 fully saturated rings. The largest absolute Gasteiger partial charge is 0.466 e. The highest BCUT2D eigenvalue weighted by molar-refractivity contribution is 7.88. The fraction of sp³-hybridized carbons (Fsp3) is 0.681. The lowest BCUT2D eigenvalue weighted by Crippen LogP contribution is -2.21. The SMILES string of the molecule is C1CC2CCC1C2.CC.CC.CC.CC.CC.CCOC(=O)CC.CCOC(=O)CS(=O)(=O)O.CCOC(=O)CS(=O)(=O)O.CCOC(=O)CS(=O)(=O)O.CCOC(=O)CS(=O)(=O)O.O=C1OC2CC3CC1C2C3.O=S1(=O)OC2CC3CC2C1C3.c1ccc2ccccc2c1.c1ccccc1. The third-order valence-corrected chi connectivity index (χ3v) is 18.8. The van der Waals surface area contributed by atoms with E-state index in [4.69, 9.17) is 27.1 Å². The standard InChI is InChI=1S/C10H8.C8H10O2.C7H10O3S.C7H12.C6H6.C5H10O2.4C4H8O5S.5C2H6/c1-2-6-10-8-4-3-7-9(10)5-1;9-8-6-2-4-1-5(6)7(3-4)10-8;8-11(9)7-3-4-1-5(7)6(2-4)10-11;1-2-7-4-3-6(1)5-7;1-2-4-6-5-3-1;1-3-5(6)7-4-2;4*1-2-9-4(5)3-10(6,7)8;5*1-2/h1-8H;4-7H,1-3H2;4-7H,1-3H2;6-7H,1-5H2;1-6H;3-4H2,1-2H3;4*2-3H2,1H3,(H,6,7,8);5*1-2H3. The number of benzene rings is 3. The van der Waals surface area contributed by atoms with Gasteiger partial charge in [-0.05, 0) is 114 Å². The fourth-order valence-corrected chi connectivity index (χ4v) is 14.7. The third kappa shape index (κ3) is 48.8. The molecule has 586 valence electrons. The molecule has 6 bridgehead atoms. The highest BCUT2D eigenvalue weighted by Gasteiger charge is 2.59. The number of rotatable bonds is 14. The molecule has 3 aromatic carbocycles. The highest BCUT2D eigenvalue weighted by Crippen LogP contribution is 2.55. The Kier molecular flexibility index (Phi) is 57.1. The van der Waals surface area contributed by atoms with Crippen molar-refractivity contribution >= 4 is 97.2 Å². The van der Waals surface area contributed by atoms with Crippen LogP contribution in [0.2, 0.25) is 0 Å². The Balaban J connectivity index is -0.000000512. The van der Waals surface area contributed by atoms with Gasteiger partial charge in [0.25, 0.3) is 50.6 Å². The van der Waals surface area contributed by atoms with E-state index in [1.807, 2.05) is 106 Å². The Labute approximate surface area is 603 Å². The van der Waals surface area contributed by atoms with Gasteiger partial charge in [0, 0.05) is 18.3 Å². The third-order valence-electron chi connectivity index (χ3n) is 14.6. The molecule has 11 rings (SSSR count). The van der Waals surface area contributed by atoms with Crippen LogP contribution < -0.4 is 0 Å². The molecule has 0 radical (unpaired) electrons. The minimum Gasteiger partial charge on any atom is -0.466 e. The quantitative estimate of drug-likeness (QED) is 0.0504. The van der Waals surface area contributed by atoms with Crippen molar-refractivity contribution in [1.82, 2.24) is 0 Å². The number of carbonyl (C=O) groups excluding carboxylic acids is 6. The smallest absolute Gasteiger partial charge is 0.323 e. The molecule has 0 spiro atoms. The summed E-state index contributed by atoms with van der Waals surface area (Å²) in [6, 6.07) is 28.7. The van der Waals surface area contributed by atoms with Gasteiger partial charge in [-0.1, -0.05) is 187 Å². The minimum absolute atomic E-state index is 0.0590. The summed E-state index contributed by atoms with van der Waals surface area (Å²) in [4.78, 5) is 62.4. The van der Waals surface area contributed by atoms with Crippen molar-refractivity contribution in [3.63, 3.8) is 0 Å². The van der Waals surface area contributed by atoms with E-state index < -0.39 is 97.5 Å². The lowest BCUT2D eigenvalue weighted by Gasteiger charge is -2.11. The molecule has 2 saturated heterocycles. The first-order valence-corrected chi connectivity index (χ1v) is 42.6. The Hall–Kier alpha value is -5.71. The van der Waals surface area contributed by atoms with Crippen LogP contribution in [0.4, 0.5) is 0 Å². The van der Waals surface area contributed by atoms with Crippen molar-refractivity contribution < 1.29 is 122 Å². The summed E-state index contributed by atoms with van der Waals surface area (Å²) < 4.78 is 166. The Morgan fingerprint density at radius 2 is 0.683 bits per heavy atom. The van der Waals surface area contributed by atoms with Crippen molar-refractivity contribution in [1.29, 1.82) is 0 Å². The molecule has 3 aromatic rings. The van der Waals surface area contributed by atoms with Crippen molar-refractivity contribution in [3.8, 4) is 0 Å². The van der Waals surface area contributed by atoms with Gasteiger partial charge in [0.15, 0.2) is 23.0 Å². The summed E-state index contributed by atoms with van der Waals surface area (Å²) in [6.07, 6.45) is 15.2. The van der Waals surface area contributed by atoms with E-state index in [9.17, 15) is 70.9 Å². The zero-order chi connectivity index (χ0) is 78.6. The number of ether oxygens (including phenoxy) is 6. The highest BCUT2D eigenvalue weighted by atomic mass is 32.2. The van der Waals surface area contributed by atoms with Gasteiger partial charge in [-0.25, -0.2) is 0 Å². The van der Waals surface area contributed by atoms with Crippen LogP contribution in [-0.2, 0) is 112 Å². The number of esters is 6. The number of hydrogen-bond donors (Lipinski definition) is 4. The second-order valence-corrected chi connectivity index (χ2v) is 29.2. The Morgan fingerprint density at radius 3 is 0.891 bits per heavy atom. The van der Waals surface area contributed by atoms with Gasteiger partial charge in [-0.15, -0.1) is 0 Å². The van der Waals surface area contributed by atoms with Crippen LogP contribution in [0, 0.1) is 41.4 Å². The summed E-state index contributed by atoms with van der Waals surface area (Å²) in [6.45, 7) is 30.7. The molecule has 0 amide bonds. The maximum atomic E-state index is 11.3. The zero-order valence-electron chi connectivity index (χ0n) is 61.9. The predicted molar refractivity (Wildman–Crippen MR) is 389 cm³/mol. The lowest BCUT2D eigenvalue weighted by atomic mass is 9.90. The van der Waals surface area contributed by atoms with E-state index in [-0.39, 0.29) is 49.7 Å². The molecular formula is C69H118O27S5. The molecule has 0 aromatic heterocycles. The Bertz CT molecular complexity index is 3020. The molecule has 8 aliphatic rings. The molecule has 8 unspecified atom stereocenters. The van der Waals surface area contributed by atoms with Gasteiger partial charge in [0.2, 0.25) is 0 Å². The lowest BCUT2D eigenvalue weighted by molar-refractivity contribution is -0.144. The van der Waals surface area contributed by atoms with Crippen LogP contribution in [0.1, 0.15) is 188 Å². The molecule has 4 N–H and O–H groups in total. The van der Waals surface area contributed by atoms with Crippen LogP contribution in [0.15, 0.2) is 84.9 Å². The molecule has 8 atom stereocenters. The average molecular weight is 1540 g/mol. The van der Waals surface area contributed by atoms with Gasteiger partial charge in [0.1, 0.15) is 6.10 Å². The van der Waals surface area contributed by atoms with E-state index in [2.05, 4.69) is 72.2 Å². The minimum atomic E-state index is -4.22. The summed E-state index contributed by atoms with van der Waals surface area (Å²) in [5.41, 5.74) is 0. The van der Waals surface area contributed by atoms with Crippen LogP contribution >= 0.6 is 0 Å². The molecule has 2 heterocycles.